The Hall–Kier alpha value is -2.65. The Bertz CT molecular complexity index is 782. The largest absolute Gasteiger partial charge is 0.506 e. The number of carboxylic acid groups (broad SMARTS) is 1. The molecule has 0 aliphatic carbocycles. The summed E-state index contributed by atoms with van der Waals surface area (Å²) in [5.41, 5.74) is -2.64. The Balaban J connectivity index is 2.93. The van der Waals surface area contributed by atoms with E-state index >= 15 is 0 Å². The molecule has 7 nitrogen and oxygen atoms in total. The molecule has 0 bridgehead atoms. The second-order valence-electron chi connectivity index (χ2n) is 3.82. The first kappa shape index (κ1) is 13.8. The lowest BCUT2D eigenvalue weighted by Crippen LogP contribution is -2.26. The fraction of sp³-hybridized carbons (Fsp3) is 0.200. The zero-order valence-corrected chi connectivity index (χ0v) is 9.76. The molecule has 0 spiro atoms. The maximum Gasteiger partial charge on any atom is 0.451 e. The summed E-state index contributed by atoms with van der Waals surface area (Å²) in [5, 5.41) is 18.1. The lowest BCUT2D eigenvalue weighted by atomic mass is 10.2. The Morgan fingerprint density at radius 3 is 2.50 bits per heavy atom. The summed E-state index contributed by atoms with van der Waals surface area (Å²) in [5.74, 6) is -4.17. The van der Waals surface area contributed by atoms with E-state index in [0.717, 1.165) is 7.05 Å². The summed E-state index contributed by atoms with van der Waals surface area (Å²) in [4.78, 5) is 28.7. The van der Waals surface area contributed by atoms with Crippen molar-refractivity contribution in [3.05, 3.63) is 27.9 Å². The van der Waals surface area contributed by atoms with Crippen LogP contribution in [0.4, 0.5) is 13.2 Å². The van der Waals surface area contributed by atoms with E-state index in [4.69, 9.17) is 5.11 Å². The molecule has 0 aliphatic heterocycles. The molecule has 106 valence electrons. The monoisotopic (exact) mass is 289 g/mol. The third-order valence-corrected chi connectivity index (χ3v) is 2.56. The van der Waals surface area contributed by atoms with Gasteiger partial charge in [0.15, 0.2) is 5.56 Å². The zero-order chi connectivity index (χ0) is 15.2. The van der Waals surface area contributed by atoms with Crippen LogP contribution in [0.2, 0.25) is 0 Å². The van der Waals surface area contributed by atoms with E-state index in [0.29, 0.717) is 10.8 Å². The lowest BCUT2D eigenvalue weighted by Gasteiger charge is -2.10. The van der Waals surface area contributed by atoms with Crippen LogP contribution in [-0.2, 0) is 13.2 Å². The van der Waals surface area contributed by atoms with E-state index < -0.39 is 40.5 Å². The van der Waals surface area contributed by atoms with Crippen LogP contribution in [0.3, 0.4) is 0 Å². The number of aryl methyl sites for hydroxylation is 1. The van der Waals surface area contributed by atoms with Gasteiger partial charge in [-0.05, 0) is 0 Å². The minimum atomic E-state index is -4.83. The fourth-order valence-corrected chi connectivity index (χ4v) is 1.62. The van der Waals surface area contributed by atoms with E-state index in [1.807, 2.05) is 0 Å². The number of halogens is 3. The number of carbonyl (C=O) groups is 1. The molecule has 2 rings (SSSR count). The van der Waals surface area contributed by atoms with Crippen molar-refractivity contribution in [1.29, 1.82) is 0 Å². The van der Waals surface area contributed by atoms with Gasteiger partial charge in [0.25, 0.3) is 5.56 Å². The second kappa shape index (κ2) is 4.18. The topological polar surface area (TPSA) is 105 Å². The molecule has 0 unspecified atom stereocenters. The van der Waals surface area contributed by atoms with Crippen LogP contribution in [0.15, 0.2) is 11.0 Å². The highest BCUT2D eigenvalue weighted by Gasteiger charge is 2.35. The molecule has 0 amide bonds. The molecule has 0 saturated carbocycles. The van der Waals surface area contributed by atoms with Gasteiger partial charge in [-0.3, -0.25) is 9.36 Å². The minimum absolute atomic E-state index is 0.363. The maximum absolute atomic E-state index is 12.5. The molecule has 0 aliphatic rings. The minimum Gasteiger partial charge on any atom is -0.506 e. The highest BCUT2D eigenvalue weighted by Crippen LogP contribution is 2.29. The number of hydrogen-bond acceptors (Lipinski definition) is 5. The van der Waals surface area contributed by atoms with Gasteiger partial charge in [-0.1, -0.05) is 0 Å². The molecule has 2 aromatic rings. The van der Waals surface area contributed by atoms with E-state index in [1.54, 1.807) is 0 Å². The molecule has 20 heavy (non-hydrogen) atoms. The van der Waals surface area contributed by atoms with Crippen molar-refractivity contribution in [2.75, 3.05) is 0 Å². The molecular weight excluding hydrogens is 283 g/mol. The van der Waals surface area contributed by atoms with Gasteiger partial charge < -0.3 is 10.2 Å². The van der Waals surface area contributed by atoms with Gasteiger partial charge in [-0.2, -0.15) is 13.2 Å². The standard InChI is InChI=1S/C10H6F3N3O4/c1-16-6-3(2-14-9(15-6)10(11,12)13)5(17)4(7(16)18)8(19)20/h2,17H,1H3,(H,19,20). The average Bonchev–Trinajstić information content (AvgIpc) is 2.34. The van der Waals surface area contributed by atoms with Crippen molar-refractivity contribution in [2.24, 2.45) is 7.05 Å². The summed E-state index contributed by atoms with van der Waals surface area (Å²) in [6.07, 6.45) is -4.21. The van der Waals surface area contributed by atoms with Crippen molar-refractivity contribution in [2.45, 2.75) is 6.18 Å². The Morgan fingerprint density at radius 1 is 1.40 bits per heavy atom. The van der Waals surface area contributed by atoms with Crippen LogP contribution in [-0.4, -0.2) is 30.7 Å². The van der Waals surface area contributed by atoms with Gasteiger partial charge in [0.1, 0.15) is 11.4 Å². The Morgan fingerprint density at radius 2 is 2.00 bits per heavy atom. The summed E-state index contributed by atoms with van der Waals surface area (Å²) in [6.45, 7) is 0. The van der Waals surface area contributed by atoms with E-state index in [2.05, 4.69) is 9.97 Å². The van der Waals surface area contributed by atoms with Crippen molar-refractivity contribution in [1.82, 2.24) is 14.5 Å². The number of carboxylic acids is 1. The first-order valence-electron chi connectivity index (χ1n) is 5.03. The first-order valence-corrected chi connectivity index (χ1v) is 5.03. The quantitative estimate of drug-likeness (QED) is 0.802. The average molecular weight is 289 g/mol. The molecule has 0 aromatic carbocycles. The molecule has 2 heterocycles. The molecule has 2 aromatic heterocycles. The van der Waals surface area contributed by atoms with Gasteiger partial charge in [0.2, 0.25) is 5.82 Å². The summed E-state index contributed by atoms with van der Waals surface area (Å²) in [6, 6.07) is 0. The predicted octanol–water partition coefficient (Wildman–Crippen LogP) is 0.751. The lowest BCUT2D eigenvalue weighted by molar-refractivity contribution is -0.144. The highest BCUT2D eigenvalue weighted by atomic mass is 19.4. The number of aromatic carboxylic acids is 1. The normalized spacial score (nSPS) is 11.8. The van der Waals surface area contributed by atoms with E-state index in [-0.39, 0.29) is 5.39 Å². The molecule has 10 heteroatoms. The van der Waals surface area contributed by atoms with Gasteiger partial charge >= 0.3 is 12.1 Å². The van der Waals surface area contributed by atoms with Crippen LogP contribution < -0.4 is 5.56 Å². The zero-order valence-electron chi connectivity index (χ0n) is 9.76. The number of aromatic hydroxyl groups is 1. The van der Waals surface area contributed by atoms with Crippen LogP contribution in [0.1, 0.15) is 16.2 Å². The maximum atomic E-state index is 12.5. The molecule has 0 saturated heterocycles. The van der Waals surface area contributed by atoms with Crippen molar-refractivity contribution < 1.29 is 28.2 Å². The van der Waals surface area contributed by atoms with Crippen molar-refractivity contribution >= 4 is 17.0 Å². The van der Waals surface area contributed by atoms with Crippen LogP contribution in [0.5, 0.6) is 5.75 Å². The summed E-state index contributed by atoms with van der Waals surface area (Å²) < 4.78 is 38.1. The Labute approximate surface area is 107 Å². The highest BCUT2D eigenvalue weighted by molar-refractivity contribution is 5.97. The molecule has 0 radical (unpaired) electrons. The van der Waals surface area contributed by atoms with Crippen molar-refractivity contribution in [3.63, 3.8) is 0 Å². The van der Waals surface area contributed by atoms with Gasteiger partial charge in [-0.15, -0.1) is 0 Å². The summed E-state index contributed by atoms with van der Waals surface area (Å²) in [7, 11) is 1.05. The Kier molecular flexibility index (Phi) is 2.88. The molecule has 2 N–H and O–H groups in total. The van der Waals surface area contributed by atoms with Gasteiger partial charge in [0.05, 0.1) is 5.39 Å². The van der Waals surface area contributed by atoms with Gasteiger partial charge in [-0.25, -0.2) is 14.8 Å². The number of aromatic nitrogens is 3. The number of fused-ring (bicyclic) bond motifs is 1. The second-order valence-corrected chi connectivity index (χ2v) is 3.82. The summed E-state index contributed by atoms with van der Waals surface area (Å²) >= 11 is 0. The number of alkyl halides is 3. The van der Waals surface area contributed by atoms with Crippen LogP contribution >= 0.6 is 0 Å². The predicted molar refractivity (Wildman–Crippen MR) is 58.4 cm³/mol. The number of hydrogen-bond donors (Lipinski definition) is 2. The molecule has 0 atom stereocenters. The third-order valence-electron chi connectivity index (χ3n) is 2.56. The van der Waals surface area contributed by atoms with Crippen molar-refractivity contribution in [3.8, 4) is 5.75 Å². The third kappa shape index (κ3) is 1.94. The number of rotatable bonds is 1. The number of pyridine rings is 1. The smallest absolute Gasteiger partial charge is 0.451 e. The van der Waals surface area contributed by atoms with E-state index in [1.165, 1.54) is 0 Å². The van der Waals surface area contributed by atoms with Crippen LogP contribution in [0, 0.1) is 0 Å². The SMILES string of the molecule is Cn1c(=O)c(C(=O)O)c(O)c2cnc(C(F)(F)F)nc21. The van der Waals surface area contributed by atoms with Gasteiger partial charge in [0, 0.05) is 13.2 Å². The fourth-order valence-electron chi connectivity index (χ4n) is 1.62. The number of nitrogens with zero attached hydrogens (tertiary/aromatic N) is 3. The van der Waals surface area contributed by atoms with E-state index in [9.17, 15) is 27.9 Å². The van der Waals surface area contributed by atoms with Crippen LogP contribution in [0.25, 0.3) is 11.0 Å². The first-order chi connectivity index (χ1) is 9.14. The molecular formula is C10H6F3N3O4. The molecule has 0 fully saturated rings.